The van der Waals surface area contributed by atoms with Gasteiger partial charge in [-0.1, -0.05) is 0 Å². The SMILES string of the molecule is NCc1ccc(Sc2ncccn2)cn1. The molecule has 2 aromatic heterocycles. The summed E-state index contributed by atoms with van der Waals surface area (Å²) in [6.45, 7) is 0.465. The van der Waals surface area contributed by atoms with Crippen molar-refractivity contribution >= 4 is 11.8 Å². The Bertz CT molecular complexity index is 415. The first kappa shape index (κ1) is 10.1. The highest BCUT2D eigenvalue weighted by atomic mass is 32.2. The second-order valence-corrected chi connectivity index (χ2v) is 3.86. The molecule has 2 rings (SSSR count). The normalized spacial score (nSPS) is 10.2. The lowest BCUT2D eigenvalue weighted by Crippen LogP contribution is -1.98. The molecule has 0 aromatic carbocycles. The molecule has 5 heteroatoms. The summed E-state index contributed by atoms with van der Waals surface area (Å²) in [5.74, 6) is 0. The zero-order valence-electron chi connectivity index (χ0n) is 8.00. The van der Waals surface area contributed by atoms with Crippen molar-refractivity contribution in [2.45, 2.75) is 16.6 Å². The molecule has 2 aromatic rings. The second kappa shape index (κ2) is 4.86. The van der Waals surface area contributed by atoms with E-state index in [4.69, 9.17) is 5.73 Å². The Hall–Kier alpha value is -1.46. The summed E-state index contributed by atoms with van der Waals surface area (Å²) in [4.78, 5) is 13.4. The highest BCUT2D eigenvalue weighted by Crippen LogP contribution is 2.22. The highest BCUT2D eigenvalue weighted by Gasteiger charge is 1.99. The Morgan fingerprint density at radius 2 is 1.93 bits per heavy atom. The molecule has 4 nitrogen and oxygen atoms in total. The molecule has 76 valence electrons. The van der Waals surface area contributed by atoms with E-state index in [1.54, 1.807) is 24.7 Å². The van der Waals surface area contributed by atoms with Crippen molar-refractivity contribution in [3.8, 4) is 0 Å². The van der Waals surface area contributed by atoms with Crippen LogP contribution in [-0.4, -0.2) is 15.0 Å². The van der Waals surface area contributed by atoms with E-state index < -0.39 is 0 Å². The predicted molar refractivity (Wildman–Crippen MR) is 58.3 cm³/mol. The molecule has 0 atom stereocenters. The zero-order chi connectivity index (χ0) is 10.5. The van der Waals surface area contributed by atoms with Crippen molar-refractivity contribution in [3.63, 3.8) is 0 Å². The number of rotatable bonds is 3. The number of nitrogens with two attached hydrogens (primary N) is 1. The van der Waals surface area contributed by atoms with Crippen LogP contribution in [0, 0.1) is 0 Å². The van der Waals surface area contributed by atoms with Crippen LogP contribution < -0.4 is 5.73 Å². The molecule has 0 fully saturated rings. The molecule has 0 radical (unpaired) electrons. The minimum absolute atomic E-state index is 0.465. The molecule has 0 aliphatic rings. The average Bonchev–Trinajstić information content (AvgIpc) is 2.31. The van der Waals surface area contributed by atoms with Crippen LogP contribution in [0.3, 0.4) is 0 Å². The Kier molecular flexibility index (Phi) is 3.26. The lowest BCUT2D eigenvalue weighted by molar-refractivity contribution is 0.957. The Morgan fingerprint density at radius 1 is 1.13 bits per heavy atom. The maximum absolute atomic E-state index is 5.46. The Labute approximate surface area is 92.0 Å². The summed E-state index contributed by atoms with van der Waals surface area (Å²) in [7, 11) is 0. The van der Waals surface area contributed by atoms with Gasteiger partial charge < -0.3 is 5.73 Å². The van der Waals surface area contributed by atoms with Gasteiger partial charge in [0, 0.05) is 30.0 Å². The fraction of sp³-hybridized carbons (Fsp3) is 0.100. The van der Waals surface area contributed by atoms with E-state index in [9.17, 15) is 0 Å². The van der Waals surface area contributed by atoms with Gasteiger partial charge in [-0.2, -0.15) is 0 Å². The van der Waals surface area contributed by atoms with Crippen LogP contribution in [0.5, 0.6) is 0 Å². The van der Waals surface area contributed by atoms with E-state index in [0.29, 0.717) is 6.54 Å². The van der Waals surface area contributed by atoms with Crippen molar-refractivity contribution in [1.29, 1.82) is 0 Å². The van der Waals surface area contributed by atoms with Gasteiger partial charge in [-0.3, -0.25) is 4.98 Å². The number of hydrogen-bond acceptors (Lipinski definition) is 5. The van der Waals surface area contributed by atoms with Crippen molar-refractivity contribution in [2.75, 3.05) is 0 Å². The molecule has 15 heavy (non-hydrogen) atoms. The second-order valence-electron chi connectivity index (χ2n) is 2.82. The fourth-order valence-corrected chi connectivity index (χ4v) is 1.72. The first-order valence-electron chi connectivity index (χ1n) is 4.48. The van der Waals surface area contributed by atoms with Crippen molar-refractivity contribution in [1.82, 2.24) is 15.0 Å². The van der Waals surface area contributed by atoms with Crippen LogP contribution in [-0.2, 0) is 6.54 Å². The molecule has 0 aliphatic heterocycles. The summed E-state index contributed by atoms with van der Waals surface area (Å²) in [6, 6.07) is 5.67. The molecule has 0 saturated carbocycles. The van der Waals surface area contributed by atoms with Gasteiger partial charge in [0.2, 0.25) is 0 Å². The van der Waals surface area contributed by atoms with Gasteiger partial charge in [-0.15, -0.1) is 0 Å². The van der Waals surface area contributed by atoms with Gasteiger partial charge in [0.25, 0.3) is 0 Å². The van der Waals surface area contributed by atoms with Crippen LogP contribution in [0.15, 0.2) is 46.8 Å². The van der Waals surface area contributed by atoms with Gasteiger partial charge in [0.15, 0.2) is 5.16 Å². The molecule has 0 unspecified atom stereocenters. The van der Waals surface area contributed by atoms with Crippen molar-refractivity contribution < 1.29 is 0 Å². The van der Waals surface area contributed by atoms with Crippen LogP contribution in [0.2, 0.25) is 0 Å². The van der Waals surface area contributed by atoms with Gasteiger partial charge in [-0.25, -0.2) is 9.97 Å². The predicted octanol–water partition coefficient (Wildman–Crippen LogP) is 1.48. The van der Waals surface area contributed by atoms with E-state index in [0.717, 1.165) is 15.7 Å². The quantitative estimate of drug-likeness (QED) is 0.790. The topological polar surface area (TPSA) is 64.7 Å². The van der Waals surface area contributed by atoms with Gasteiger partial charge >= 0.3 is 0 Å². The lowest BCUT2D eigenvalue weighted by Gasteiger charge is -2.00. The number of hydrogen-bond donors (Lipinski definition) is 1. The lowest BCUT2D eigenvalue weighted by atomic mass is 10.4. The minimum atomic E-state index is 0.465. The summed E-state index contributed by atoms with van der Waals surface area (Å²) < 4.78 is 0. The van der Waals surface area contributed by atoms with E-state index in [1.165, 1.54) is 11.8 Å². The smallest absolute Gasteiger partial charge is 0.192 e. The molecule has 2 N–H and O–H groups in total. The Morgan fingerprint density at radius 3 is 2.53 bits per heavy atom. The third-order valence-corrected chi connectivity index (χ3v) is 2.63. The molecule has 0 spiro atoms. The van der Waals surface area contributed by atoms with Crippen molar-refractivity contribution in [2.24, 2.45) is 5.73 Å². The Balaban J connectivity index is 2.11. The molecule has 0 aliphatic carbocycles. The molecule has 0 bridgehead atoms. The van der Waals surface area contributed by atoms with Crippen LogP contribution in [0.1, 0.15) is 5.69 Å². The van der Waals surface area contributed by atoms with Crippen LogP contribution >= 0.6 is 11.8 Å². The molecule has 2 heterocycles. The van der Waals surface area contributed by atoms with Gasteiger partial charge in [0.05, 0.1) is 5.69 Å². The summed E-state index contributed by atoms with van der Waals surface area (Å²) in [6.07, 6.45) is 5.22. The van der Waals surface area contributed by atoms with E-state index in [1.807, 2.05) is 12.1 Å². The standard InChI is InChI=1S/C10H10N4S/c11-6-8-2-3-9(7-14-8)15-10-12-4-1-5-13-10/h1-5,7H,6,11H2. The zero-order valence-corrected chi connectivity index (χ0v) is 8.81. The monoisotopic (exact) mass is 218 g/mol. The van der Waals surface area contributed by atoms with E-state index in [-0.39, 0.29) is 0 Å². The molecular weight excluding hydrogens is 208 g/mol. The largest absolute Gasteiger partial charge is 0.325 e. The number of pyridine rings is 1. The van der Waals surface area contributed by atoms with E-state index >= 15 is 0 Å². The molecular formula is C10H10N4S. The van der Waals surface area contributed by atoms with Crippen molar-refractivity contribution in [3.05, 3.63) is 42.5 Å². The summed E-state index contributed by atoms with van der Waals surface area (Å²) in [5.41, 5.74) is 6.34. The summed E-state index contributed by atoms with van der Waals surface area (Å²) in [5, 5.41) is 0.722. The van der Waals surface area contributed by atoms with Crippen LogP contribution in [0.4, 0.5) is 0 Å². The fourth-order valence-electron chi connectivity index (χ4n) is 1.04. The van der Waals surface area contributed by atoms with Gasteiger partial charge in [0.1, 0.15) is 0 Å². The third-order valence-electron chi connectivity index (χ3n) is 1.76. The van der Waals surface area contributed by atoms with Gasteiger partial charge in [-0.05, 0) is 30.0 Å². The maximum atomic E-state index is 5.46. The molecule has 0 amide bonds. The molecule has 0 saturated heterocycles. The average molecular weight is 218 g/mol. The first-order valence-corrected chi connectivity index (χ1v) is 5.30. The maximum Gasteiger partial charge on any atom is 0.192 e. The third kappa shape index (κ3) is 2.74. The number of aromatic nitrogens is 3. The first-order chi connectivity index (χ1) is 7.38. The summed E-state index contributed by atoms with van der Waals surface area (Å²) >= 11 is 1.48. The van der Waals surface area contributed by atoms with Crippen LogP contribution in [0.25, 0.3) is 0 Å². The number of nitrogens with zero attached hydrogens (tertiary/aromatic N) is 3. The minimum Gasteiger partial charge on any atom is -0.325 e. The highest BCUT2D eigenvalue weighted by molar-refractivity contribution is 7.99. The van der Waals surface area contributed by atoms with E-state index in [2.05, 4.69) is 15.0 Å².